The van der Waals surface area contributed by atoms with E-state index in [-0.39, 0.29) is 5.41 Å². The fourth-order valence-corrected chi connectivity index (χ4v) is 7.42. The minimum absolute atomic E-state index is 0.0639. The van der Waals surface area contributed by atoms with Gasteiger partial charge in [-0.25, -0.2) is 0 Å². The second-order valence-corrected chi connectivity index (χ2v) is 12.7. The van der Waals surface area contributed by atoms with E-state index >= 15 is 0 Å². The van der Waals surface area contributed by atoms with Gasteiger partial charge in [-0.15, -0.1) is 0 Å². The Hall–Kier alpha value is -5.60. The Labute approximate surface area is 263 Å². The highest BCUT2D eigenvalue weighted by atomic mass is 15.2. The lowest BCUT2D eigenvalue weighted by molar-refractivity contribution is 0.644. The number of benzene rings is 6. The van der Waals surface area contributed by atoms with Crippen molar-refractivity contribution in [2.45, 2.75) is 19.3 Å². The molecule has 1 aliphatic heterocycles. The van der Waals surface area contributed by atoms with Crippen LogP contribution in [0.1, 0.15) is 25.1 Å². The molecule has 3 heterocycles. The van der Waals surface area contributed by atoms with Crippen LogP contribution in [-0.2, 0) is 5.41 Å². The molecule has 0 unspecified atom stereocenters. The molecule has 0 fully saturated rings. The molecule has 0 saturated heterocycles. The van der Waals surface area contributed by atoms with Crippen molar-refractivity contribution in [2.75, 3.05) is 0 Å². The first kappa shape index (κ1) is 25.9. The van der Waals surface area contributed by atoms with Gasteiger partial charge in [0.05, 0.1) is 11.2 Å². The SMILES string of the molecule is CC1(C)c2ccccc2-n2c1cc1c3ccccc3n(-c3ccc(-c4cc(-c5ccccc5)cc(-c5ccccc5)c4)cc3)c12. The zero-order chi connectivity index (χ0) is 30.1. The molecule has 214 valence electrons. The van der Waals surface area contributed by atoms with E-state index in [1.807, 2.05) is 0 Å². The van der Waals surface area contributed by atoms with Gasteiger partial charge in [0.25, 0.3) is 0 Å². The van der Waals surface area contributed by atoms with Gasteiger partial charge in [0.2, 0.25) is 0 Å². The number of hydrogen-bond acceptors (Lipinski definition) is 0. The van der Waals surface area contributed by atoms with Crippen LogP contribution in [0.4, 0.5) is 0 Å². The fraction of sp³-hybridized carbons (Fsp3) is 0.0698. The molecule has 2 aromatic heterocycles. The van der Waals surface area contributed by atoms with Crippen LogP contribution in [0.15, 0.2) is 158 Å². The predicted molar refractivity (Wildman–Crippen MR) is 189 cm³/mol. The highest BCUT2D eigenvalue weighted by Crippen LogP contribution is 2.48. The molecule has 45 heavy (non-hydrogen) atoms. The summed E-state index contributed by atoms with van der Waals surface area (Å²) in [6, 6.07) is 57.5. The van der Waals surface area contributed by atoms with Crippen molar-refractivity contribution in [1.82, 2.24) is 9.13 Å². The summed E-state index contributed by atoms with van der Waals surface area (Å²) in [7, 11) is 0. The van der Waals surface area contributed by atoms with Crippen molar-refractivity contribution >= 4 is 21.9 Å². The first-order valence-corrected chi connectivity index (χ1v) is 15.7. The van der Waals surface area contributed by atoms with Crippen LogP contribution in [0.5, 0.6) is 0 Å². The smallest absolute Gasteiger partial charge is 0.130 e. The monoisotopic (exact) mass is 576 g/mol. The summed E-state index contributed by atoms with van der Waals surface area (Å²) in [5.74, 6) is 0. The van der Waals surface area contributed by atoms with Crippen LogP contribution in [0, 0.1) is 0 Å². The van der Waals surface area contributed by atoms with Gasteiger partial charge in [-0.3, -0.25) is 9.13 Å². The summed E-state index contributed by atoms with van der Waals surface area (Å²) < 4.78 is 4.94. The van der Waals surface area contributed by atoms with Gasteiger partial charge in [0, 0.05) is 27.6 Å². The van der Waals surface area contributed by atoms with E-state index in [9.17, 15) is 0 Å². The molecule has 9 rings (SSSR count). The highest BCUT2D eigenvalue weighted by molar-refractivity contribution is 6.10. The molecule has 0 bridgehead atoms. The van der Waals surface area contributed by atoms with Gasteiger partial charge in [-0.2, -0.15) is 0 Å². The molecule has 6 aromatic carbocycles. The average Bonchev–Trinajstić information content (AvgIpc) is 3.71. The molecule has 0 atom stereocenters. The summed E-state index contributed by atoms with van der Waals surface area (Å²) in [4.78, 5) is 0. The molecule has 8 aromatic rings. The molecule has 0 amide bonds. The van der Waals surface area contributed by atoms with Gasteiger partial charge >= 0.3 is 0 Å². The van der Waals surface area contributed by atoms with Gasteiger partial charge in [0.1, 0.15) is 5.65 Å². The Bertz CT molecular complexity index is 2310. The molecule has 2 nitrogen and oxygen atoms in total. The van der Waals surface area contributed by atoms with Gasteiger partial charge in [-0.05, 0) is 87.5 Å². The molecule has 0 spiro atoms. The third-order valence-electron chi connectivity index (χ3n) is 9.69. The van der Waals surface area contributed by atoms with E-state index in [0.29, 0.717) is 0 Å². The molecule has 1 aliphatic rings. The predicted octanol–water partition coefficient (Wildman–Crippen LogP) is 11.2. The standard InChI is InChI=1S/C43H32N2/c1-43(2)38-18-10-12-20-40(38)45-41(43)28-37-36-17-9-11-19-39(36)44(42(37)45)35-23-21-31(22-24-35)34-26-32(29-13-5-3-6-14-29)25-33(27-34)30-15-7-4-8-16-30/h3-28H,1-2H3. The molecule has 0 saturated carbocycles. The van der Waals surface area contributed by atoms with Crippen molar-refractivity contribution in [3.05, 3.63) is 169 Å². The summed E-state index contributed by atoms with van der Waals surface area (Å²) in [5, 5.41) is 2.59. The minimum atomic E-state index is -0.0639. The van der Waals surface area contributed by atoms with E-state index in [2.05, 4.69) is 181 Å². The quantitative estimate of drug-likeness (QED) is 0.197. The van der Waals surface area contributed by atoms with Crippen molar-refractivity contribution in [3.8, 4) is 44.8 Å². The lowest BCUT2D eigenvalue weighted by Gasteiger charge is -2.18. The summed E-state index contributed by atoms with van der Waals surface area (Å²) in [6.45, 7) is 4.69. The fourth-order valence-electron chi connectivity index (χ4n) is 7.42. The number of rotatable bonds is 4. The lowest BCUT2D eigenvalue weighted by Crippen LogP contribution is -2.15. The summed E-state index contributed by atoms with van der Waals surface area (Å²) in [5.41, 5.74) is 14.9. The van der Waals surface area contributed by atoms with Crippen molar-refractivity contribution in [3.63, 3.8) is 0 Å². The number of hydrogen-bond donors (Lipinski definition) is 0. The Morgan fingerprint density at radius 2 is 0.956 bits per heavy atom. The Morgan fingerprint density at radius 1 is 0.422 bits per heavy atom. The third kappa shape index (κ3) is 3.89. The van der Waals surface area contributed by atoms with E-state index in [4.69, 9.17) is 0 Å². The van der Waals surface area contributed by atoms with Crippen molar-refractivity contribution in [1.29, 1.82) is 0 Å². The van der Waals surface area contributed by atoms with E-state index in [1.54, 1.807) is 0 Å². The maximum absolute atomic E-state index is 2.49. The van der Waals surface area contributed by atoms with E-state index < -0.39 is 0 Å². The van der Waals surface area contributed by atoms with Crippen LogP contribution in [-0.4, -0.2) is 9.13 Å². The normalized spacial score (nSPS) is 13.3. The van der Waals surface area contributed by atoms with Crippen LogP contribution in [0.25, 0.3) is 66.7 Å². The molecule has 0 radical (unpaired) electrons. The zero-order valence-electron chi connectivity index (χ0n) is 25.4. The van der Waals surface area contributed by atoms with Crippen LogP contribution in [0.2, 0.25) is 0 Å². The minimum Gasteiger partial charge on any atom is -0.298 e. The van der Waals surface area contributed by atoms with Crippen molar-refractivity contribution < 1.29 is 0 Å². The van der Waals surface area contributed by atoms with E-state index in [0.717, 1.165) is 5.69 Å². The summed E-state index contributed by atoms with van der Waals surface area (Å²) >= 11 is 0. The Kier molecular flexibility index (Phi) is 5.58. The Morgan fingerprint density at radius 3 is 1.60 bits per heavy atom. The molecular formula is C43H32N2. The second-order valence-electron chi connectivity index (χ2n) is 12.7. The largest absolute Gasteiger partial charge is 0.298 e. The highest BCUT2D eigenvalue weighted by Gasteiger charge is 2.38. The number of fused-ring (bicyclic) bond motifs is 7. The first-order valence-electron chi connectivity index (χ1n) is 15.7. The third-order valence-corrected chi connectivity index (χ3v) is 9.69. The Balaban J connectivity index is 1.23. The molecule has 2 heteroatoms. The molecule has 0 N–H and O–H groups in total. The molecular weight excluding hydrogens is 544 g/mol. The number of para-hydroxylation sites is 2. The number of aromatic nitrogens is 2. The van der Waals surface area contributed by atoms with Crippen LogP contribution < -0.4 is 0 Å². The van der Waals surface area contributed by atoms with Gasteiger partial charge in [0.15, 0.2) is 0 Å². The van der Waals surface area contributed by atoms with Gasteiger partial charge < -0.3 is 0 Å². The van der Waals surface area contributed by atoms with E-state index in [1.165, 1.54) is 72.3 Å². The zero-order valence-corrected chi connectivity index (χ0v) is 25.4. The van der Waals surface area contributed by atoms with Crippen molar-refractivity contribution in [2.24, 2.45) is 0 Å². The maximum atomic E-state index is 2.49. The molecule has 0 aliphatic carbocycles. The van der Waals surface area contributed by atoms with Gasteiger partial charge in [-0.1, -0.05) is 123 Å². The van der Waals surface area contributed by atoms with Crippen LogP contribution >= 0.6 is 0 Å². The lowest BCUT2D eigenvalue weighted by atomic mass is 9.83. The van der Waals surface area contributed by atoms with Crippen LogP contribution in [0.3, 0.4) is 0 Å². The average molecular weight is 577 g/mol. The topological polar surface area (TPSA) is 9.86 Å². The second kappa shape index (κ2) is 9.70. The summed E-state index contributed by atoms with van der Waals surface area (Å²) in [6.07, 6.45) is 0. The maximum Gasteiger partial charge on any atom is 0.130 e. The number of nitrogens with zero attached hydrogens (tertiary/aromatic N) is 2. The first-order chi connectivity index (χ1) is 22.1.